The molecule has 0 aromatic rings. The van der Waals surface area contributed by atoms with Crippen LogP contribution in [0, 0.1) is 36.9 Å². The number of halogens is 3. The monoisotopic (exact) mass is 280 g/mol. The van der Waals surface area contributed by atoms with Crippen LogP contribution in [0.25, 0.3) is 0 Å². The summed E-state index contributed by atoms with van der Waals surface area (Å²) in [5.41, 5.74) is 0. The first-order valence-corrected chi connectivity index (χ1v) is 4.88. The van der Waals surface area contributed by atoms with Gasteiger partial charge in [-0.25, -0.2) is 0 Å². The Balaban J connectivity index is -0.0000000886. The van der Waals surface area contributed by atoms with Crippen LogP contribution in [-0.2, 0) is 0 Å². The summed E-state index contributed by atoms with van der Waals surface area (Å²) in [4.78, 5) is 0. The molecule has 3 N–H and O–H groups in total. The molecule has 8 nitrogen and oxygen atoms in total. The zero-order chi connectivity index (χ0) is 9.86. The highest BCUT2D eigenvalue weighted by molar-refractivity contribution is 1.94. The van der Waals surface area contributed by atoms with Crippen molar-refractivity contribution in [1.29, 1.82) is 0 Å². The van der Waals surface area contributed by atoms with E-state index in [1.807, 2.05) is 0 Å². The van der Waals surface area contributed by atoms with E-state index in [0.29, 0.717) is 0 Å². The third-order valence-corrected chi connectivity index (χ3v) is 0. The maximum Gasteiger partial charge on any atom is 0.433 e. The van der Waals surface area contributed by atoms with Crippen molar-refractivity contribution in [3.63, 3.8) is 0 Å². The van der Waals surface area contributed by atoms with Gasteiger partial charge in [-0.3, -0.25) is 0 Å². The molecule has 0 unspecified atom stereocenters. The predicted octanol–water partition coefficient (Wildman–Crippen LogP) is -7.62. The van der Waals surface area contributed by atoms with Crippen molar-refractivity contribution in [3.05, 3.63) is 0 Å². The van der Waals surface area contributed by atoms with Gasteiger partial charge in [0.25, 0.3) is 10.8 Å². The highest BCUT2D eigenvalue weighted by atomic mass is 80.0. The van der Waals surface area contributed by atoms with E-state index >= 15 is 0 Å². The largest absolute Gasteiger partial charge is 0.506 e. The fourth-order valence-electron chi connectivity index (χ4n) is 0. The van der Waals surface area contributed by atoms with E-state index in [1.54, 1.807) is 0 Å². The fraction of sp³-hybridized carbons (Fsp3) is 0. The van der Waals surface area contributed by atoms with Gasteiger partial charge >= 0.3 is 26.1 Å². The minimum atomic E-state index is -3.40. The van der Waals surface area contributed by atoms with E-state index in [9.17, 15) is 0 Å². The van der Waals surface area contributed by atoms with E-state index < -0.39 is 25.6 Å². The second-order valence-electron chi connectivity index (χ2n) is 0.471. The second-order valence-corrected chi connectivity index (χ2v) is 1.85. The molecule has 11 heavy (non-hydrogen) atoms. The Labute approximate surface area is 73.2 Å². The molecule has 0 aromatic carbocycles. The molecular weight excluding hydrogens is 279 g/mol. The average molecular weight is 282 g/mol. The predicted molar refractivity (Wildman–Crippen MR) is 6.66 cm³/mol. The lowest BCUT2D eigenvalue weighted by molar-refractivity contribution is -1.63. The molecular formula is H3BrCl2O8. The van der Waals surface area contributed by atoms with Crippen molar-refractivity contribution >= 4 is 0 Å². The molecule has 0 radical (unpaired) electrons. The topological polar surface area (TPSA) is 176 Å². The van der Waals surface area contributed by atoms with Gasteiger partial charge in [-0.1, -0.05) is 0 Å². The van der Waals surface area contributed by atoms with Crippen LogP contribution < -0.4 is 22.4 Å². The lowest BCUT2D eigenvalue weighted by Gasteiger charge is -1.72. The summed E-state index contributed by atoms with van der Waals surface area (Å²) < 4.78 is 63.5. The van der Waals surface area contributed by atoms with Gasteiger partial charge in [-0.15, -0.1) is 4.66 Å². The van der Waals surface area contributed by atoms with E-state index in [0.717, 1.165) is 0 Å². The molecule has 0 heterocycles. The summed E-state index contributed by atoms with van der Waals surface area (Å²) in [6.07, 6.45) is 0. The average Bonchev–Trinajstić information content (AvgIpc) is 1.60. The Hall–Kier alpha value is 0.740. The molecule has 0 saturated carbocycles. The summed E-state index contributed by atoms with van der Waals surface area (Å²) in [6.45, 7) is 0. The minimum absolute atomic E-state index is 0.167. The summed E-state index contributed by atoms with van der Waals surface area (Å²) in [6, 6.07) is 0. The van der Waals surface area contributed by atoms with Crippen LogP contribution in [0.4, 0.5) is 0 Å². The third-order valence-electron chi connectivity index (χ3n) is 0. The van der Waals surface area contributed by atoms with Crippen LogP contribution in [0.3, 0.4) is 0 Å². The molecule has 0 atom stereocenters. The summed E-state index contributed by atoms with van der Waals surface area (Å²) in [7, 11) is -2.60. The highest BCUT2D eigenvalue weighted by Gasteiger charge is 1.86. The van der Waals surface area contributed by atoms with Gasteiger partial charge in [0, 0.05) is 4.66 Å². The standard InChI is InChI=1S/BrHO3.ClHO3.ClHO2/c2*2-1(3)4;2-1-3/h2*2H;2H. The van der Waals surface area contributed by atoms with Crippen LogP contribution in [0.15, 0.2) is 0 Å². The maximum absolute atomic E-state index is 8.63. The molecule has 0 aromatic heterocycles. The van der Waals surface area contributed by atoms with E-state index in [4.69, 9.17) is 35.9 Å². The number of hydrogen-bond acceptors (Lipinski definition) is 8. The summed E-state index contributed by atoms with van der Waals surface area (Å²) in [5, 5.41) is 0. The van der Waals surface area contributed by atoms with Crippen molar-refractivity contribution in [2.45, 2.75) is 0 Å². The first-order valence-electron chi connectivity index (χ1n) is 1.28. The van der Waals surface area contributed by atoms with Crippen molar-refractivity contribution in [2.24, 2.45) is 0 Å². The molecule has 0 aliphatic heterocycles. The van der Waals surface area contributed by atoms with Crippen LogP contribution in [0.2, 0.25) is 0 Å². The van der Waals surface area contributed by atoms with Crippen LogP contribution >= 0.6 is 0 Å². The van der Waals surface area contributed by atoms with Gasteiger partial charge < -0.3 is 22.4 Å². The van der Waals surface area contributed by atoms with Gasteiger partial charge in [-0.2, -0.15) is 0 Å². The lowest BCUT2D eigenvalue weighted by atomic mass is 15.8. The Kier molecular flexibility index (Phi) is 27.4. The van der Waals surface area contributed by atoms with Crippen molar-refractivity contribution in [2.75, 3.05) is 0 Å². The van der Waals surface area contributed by atoms with Gasteiger partial charge in [0.05, 0.1) is 0 Å². The quantitative estimate of drug-likeness (QED) is 0.392. The zero-order valence-electron chi connectivity index (χ0n) is 4.52. The first-order chi connectivity index (χ1) is 4.88. The van der Waals surface area contributed by atoms with Crippen molar-refractivity contribution in [3.8, 4) is 0 Å². The molecule has 0 aliphatic carbocycles. The molecule has 0 spiro atoms. The van der Waals surface area contributed by atoms with Crippen LogP contribution in [0.5, 0.6) is 0 Å². The van der Waals surface area contributed by atoms with Crippen LogP contribution in [-0.4, -0.2) is 13.5 Å². The fourth-order valence-corrected chi connectivity index (χ4v) is 0. The minimum Gasteiger partial charge on any atom is -0.506 e. The Morgan fingerprint density at radius 3 is 1.27 bits per heavy atom. The molecule has 0 saturated heterocycles. The Morgan fingerprint density at radius 2 is 1.27 bits per heavy atom. The molecule has 72 valence electrons. The van der Waals surface area contributed by atoms with Gasteiger partial charge in [-0.05, 0) is 4.20 Å². The molecule has 0 aliphatic rings. The lowest BCUT2D eigenvalue weighted by Crippen LogP contribution is -2.30. The third kappa shape index (κ3) is 1500. The normalized spacial score (nSPS) is 8.18. The highest BCUT2D eigenvalue weighted by Crippen LogP contribution is 1.38. The zero-order valence-corrected chi connectivity index (χ0v) is 7.61. The number of hydrogen-bond donors (Lipinski definition) is 3. The molecule has 0 amide bonds. The molecule has 11 heteroatoms. The van der Waals surface area contributed by atoms with E-state index in [1.165, 1.54) is 0 Å². The van der Waals surface area contributed by atoms with Crippen LogP contribution in [0.1, 0.15) is 0 Å². The molecule has 0 fully saturated rings. The smallest absolute Gasteiger partial charge is 0.433 e. The maximum atomic E-state index is 8.63. The van der Waals surface area contributed by atoms with Gasteiger partial charge in [0.1, 0.15) is 0 Å². The molecule has 0 rings (SSSR count). The molecule has 0 bridgehead atoms. The number of rotatable bonds is 0. The Morgan fingerprint density at radius 1 is 1.27 bits per heavy atom. The van der Waals surface area contributed by atoms with Crippen molar-refractivity contribution in [1.82, 2.24) is 0 Å². The van der Waals surface area contributed by atoms with Gasteiger partial charge in [0.2, 0.25) is 0 Å². The SMILES string of the molecule is [O-][Br+2]([O-])O.[O-][Cl+2]([O-])O.[O-][Cl+]O. The van der Waals surface area contributed by atoms with Crippen molar-refractivity contribution < 1.29 is 72.8 Å². The van der Waals surface area contributed by atoms with E-state index in [-0.39, 0.29) is 11.3 Å². The summed E-state index contributed by atoms with van der Waals surface area (Å²) >= 11 is -3.56. The summed E-state index contributed by atoms with van der Waals surface area (Å²) in [5.74, 6) is 0. The van der Waals surface area contributed by atoms with E-state index in [2.05, 4.69) is 0 Å². The van der Waals surface area contributed by atoms with Gasteiger partial charge in [0.15, 0.2) is 0 Å². The second kappa shape index (κ2) is 17.0. The Bertz CT molecular complexity index is 35.8. The first kappa shape index (κ1) is 17.7.